The summed E-state index contributed by atoms with van der Waals surface area (Å²) in [5.74, 6) is -0.256. The van der Waals surface area contributed by atoms with Gasteiger partial charge in [0.2, 0.25) is 0 Å². The van der Waals surface area contributed by atoms with Crippen LogP contribution in [0.4, 0.5) is 17.6 Å². The van der Waals surface area contributed by atoms with Crippen LogP contribution in [0.2, 0.25) is 0 Å². The predicted octanol–water partition coefficient (Wildman–Crippen LogP) is 9.00. The lowest BCUT2D eigenvalue weighted by Crippen LogP contribution is -2.03. The molecule has 0 aliphatic carbocycles. The Kier molecular flexibility index (Phi) is 5.21. The maximum Gasteiger partial charge on any atom is 0.416 e. The minimum atomic E-state index is -4.34. The Balaban J connectivity index is 1.41. The van der Waals surface area contributed by atoms with Crippen molar-refractivity contribution in [2.24, 2.45) is 0 Å². The predicted molar refractivity (Wildman–Crippen MR) is 125 cm³/mol. The smallest absolute Gasteiger partial charge is 0.207 e. The molecule has 0 amide bonds. The van der Waals surface area contributed by atoms with Crippen LogP contribution in [0, 0.1) is 5.82 Å². The van der Waals surface area contributed by atoms with Gasteiger partial charge < -0.3 is 0 Å². The van der Waals surface area contributed by atoms with Gasteiger partial charge in [0.25, 0.3) is 0 Å². The van der Waals surface area contributed by atoms with Gasteiger partial charge in [-0.2, -0.15) is 13.2 Å². The highest BCUT2D eigenvalue weighted by atomic mass is 19.4. The third-order valence-electron chi connectivity index (χ3n) is 5.78. The Bertz CT molecular complexity index is 1410. The summed E-state index contributed by atoms with van der Waals surface area (Å²) >= 11 is 0. The van der Waals surface area contributed by atoms with Crippen molar-refractivity contribution in [1.82, 2.24) is 0 Å². The van der Waals surface area contributed by atoms with E-state index in [1.54, 1.807) is 12.1 Å². The van der Waals surface area contributed by atoms with E-state index in [1.165, 1.54) is 24.3 Å². The summed E-state index contributed by atoms with van der Waals surface area (Å²) in [4.78, 5) is 0. The van der Waals surface area contributed by atoms with Gasteiger partial charge >= 0.3 is 6.18 Å². The van der Waals surface area contributed by atoms with Crippen LogP contribution < -0.4 is 0 Å². The van der Waals surface area contributed by atoms with E-state index in [4.69, 9.17) is 0 Å². The molecule has 0 N–H and O–H groups in total. The van der Waals surface area contributed by atoms with E-state index in [1.807, 2.05) is 54.6 Å². The van der Waals surface area contributed by atoms with Crippen molar-refractivity contribution in [3.05, 3.63) is 121 Å². The Morgan fingerprint density at radius 2 is 0.727 bits per heavy atom. The van der Waals surface area contributed by atoms with Crippen LogP contribution in [0.1, 0.15) is 5.56 Å². The van der Waals surface area contributed by atoms with Gasteiger partial charge in [0, 0.05) is 0 Å². The molecule has 5 aromatic rings. The highest BCUT2D eigenvalue weighted by molar-refractivity contribution is 5.91. The van der Waals surface area contributed by atoms with Crippen molar-refractivity contribution in [3.63, 3.8) is 0 Å². The zero-order chi connectivity index (χ0) is 23.0. The summed E-state index contributed by atoms with van der Waals surface area (Å²) in [7, 11) is 0. The van der Waals surface area contributed by atoms with Gasteiger partial charge in [-0.3, -0.25) is 0 Å². The fourth-order valence-electron chi connectivity index (χ4n) is 3.95. The van der Waals surface area contributed by atoms with E-state index >= 15 is 0 Å². The van der Waals surface area contributed by atoms with Gasteiger partial charge in [0.15, 0.2) is 0 Å². The highest BCUT2D eigenvalue weighted by Crippen LogP contribution is 2.33. The summed E-state index contributed by atoms with van der Waals surface area (Å²) < 4.78 is 51.6. The Morgan fingerprint density at radius 1 is 0.394 bits per heavy atom. The highest BCUT2D eigenvalue weighted by Gasteiger charge is 2.29. The number of alkyl halides is 3. The number of benzene rings is 5. The molecule has 0 aromatic heterocycles. The first kappa shape index (κ1) is 21.0. The first-order valence-electron chi connectivity index (χ1n) is 10.4. The van der Waals surface area contributed by atoms with E-state index in [0.29, 0.717) is 0 Å². The Labute approximate surface area is 188 Å². The molecular formula is C29H18F4. The third kappa shape index (κ3) is 4.37. The first-order chi connectivity index (χ1) is 15.9. The second kappa shape index (κ2) is 8.21. The molecule has 5 aromatic carbocycles. The van der Waals surface area contributed by atoms with Gasteiger partial charge in [-0.1, -0.05) is 72.8 Å². The Hall–Kier alpha value is -3.92. The average Bonchev–Trinajstić information content (AvgIpc) is 2.83. The molecule has 0 radical (unpaired) electrons. The van der Waals surface area contributed by atoms with Crippen molar-refractivity contribution >= 4 is 10.8 Å². The van der Waals surface area contributed by atoms with Crippen LogP contribution in [0.5, 0.6) is 0 Å². The van der Waals surface area contributed by atoms with Crippen molar-refractivity contribution in [3.8, 4) is 33.4 Å². The quantitative estimate of drug-likeness (QED) is 0.245. The molecule has 0 aliphatic rings. The molecule has 0 saturated heterocycles. The molecule has 5 rings (SSSR count). The molecule has 0 spiro atoms. The summed E-state index contributed by atoms with van der Waals surface area (Å²) in [6.07, 6.45) is -4.34. The minimum absolute atomic E-state index is 0.256. The van der Waals surface area contributed by atoms with Crippen LogP contribution in [0.15, 0.2) is 109 Å². The van der Waals surface area contributed by atoms with E-state index in [9.17, 15) is 17.6 Å². The summed E-state index contributed by atoms with van der Waals surface area (Å²) in [6, 6.07) is 31.8. The molecule has 0 unspecified atom stereocenters. The van der Waals surface area contributed by atoms with Gasteiger partial charge in [-0.05, 0) is 80.6 Å². The lowest BCUT2D eigenvalue weighted by Gasteiger charge is -2.10. The first-order valence-corrected chi connectivity index (χ1v) is 10.4. The van der Waals surface area contributed by atoms with Gasteiger partial charge in [-0.25, -0.2) is 4.39 Å². The SMILES string of the molecule is Fc1ccc(-c2ccc(-c3ccc4cc(-c5ccc(C(F)(F)F)cc5)ccc4c3)cc2)cc1. The van der Waals surface area contributed by atoms with E-state index < -0.39 is 11.7 Å². The van der Waals surface area contributed by atoms with Crippen molar-refractivity contribution < 1.29 is 17.6 Å². The van der Waals surface area contributed by atoms with Gasteiger partial charge in [-0.15, -0.1) is 0 Å². The molecule has 33 heavy (non-hydrogen) atoms. The lowest BCUT2D eigenvalue weighted by atomic mass is 9.96. The number of hydrogen-bond acceptors (Lipinski definition) is 0. The molecule has 0 heterocycles. The topological polar surface area (TPSA) is 0 Å². The second-order valence-electron chi connectivity index (χ2n) is 7.94. The fourth-order valence-corrected chi connectivity index (χ4v) is 3.95. The standard InChI is InChI=1S/C29H18F4/c30-28-15-11-20(12-16-28)19-1-3-21(4-2-19)23-5-7-26-18-24(6-8-25(26)17-23)22-9-13-27(14-10-22)29(31,32)33/h1-18H. The largest absolute Gasteiger partial charge is 0.416 e. The second-order valence-corrected chi connectivity index (χ2v) is 7.94. The summed E-state index contributed by atoms with van der Waals surface area (Å²) in [5, 5.41) is 2.06. The maximum absolute atomic E-state index is 13.2. The molecule has 0 bridgehead atoms. The van der Waals surface area contributed by atoms with Crippen molar-refractivity contribution in [2.75, 3.05) is 0 Å². The summed E-state index contributed by atoms with van der Waals surface area (Å²) in [5.41, 5.74) is 5.06. The molecule has 0 atom stereocenters. The molecule has 4 heteroatoms. The maximum atomic E-state index is 13.2. The fraction of sp³-hybridized carbons (Fsp3) is 0.0345. The van der Waals surface area contributed by atoms with E-state index in [2.05, 4.69) is 6.07 Å². The lowest BCUT2D eigenvalue weighted by molar-refractivity contribution is -0.137. The van der Waals surface area contributed by atoms with Gasteiger partial charge in [0.05, 0.1) is 5.56 Å². The molecule has 0 aliphatic heterocycles. The van der Waals surface area contributed by atoms with Crippen LogP contribution >= 0.6 is 0 Å². The molecule has 162 valence electrons. The average molecular weight is 442 g/mol. The molecular weight excluding hydrogens is 424 g/mol. The number of hydrogen-bond donors (Lipinski definition) is 0. The normalized spacial score (nSPS) is 11.6. The monoisotopic (exact) mass is 442 g/mol. The van der Waals surface area contributed by atoms with Crippen LogP contribution in [0.3, 0.4) is 0 Å². The van der Waals surface area contributed by atoms with Crippen LogP contribution in [0.25, 0.3) is 44.2 Å². The molecule has 0 nitrogen and oxygen atoms in total. The van der Waals surface area contributed by atoms with Crippen LogP contribution in [-0.2, 0) is 6.18 Å². The zero-order valence-corrected chi connectivity index (χ0v) is 17.4. The number of halogens is 4. The zero-order valence-electron chi connectivity index (χ0n) is 17.4. The third-order valence-corrected chi connectivity index (χ3v) is 5.78. The van der Waals surface area contributed by atoms with E-state index in [0.717, 1.165) is 56.3 Å². The van der Waals surface area contributed by atoms with Crippen molar-refractivity contribution in [1.29, 1.82) is 0 Å². The summed E-state index contributed by atoms with van der Waals surface area (Å²) in [6.45, 7) is 0. The number of rotatable bonds is 3. The minimum Gasteiger partial charge on any atom is -0.207 e. The Morgan fingerprint density at radius 3 is 1.15 bits per heavy atom. The number of fused-ring (bicyclic) bond motifs is 1. The van der Waals surface area contributed by atoms with Gasteiger partial charge in [0.1, 0.15) is 5.82 Å². The molecule has 0 fully saturated rings. The van der Waals surface area contributed by atoms with Crippen LogP contribution in [-0.4, -0.2) is 0 Å². The molecule has 0 saturated carbocycles. The van der Waals surface area contributed by atoms with E-state index in [-0.39, 0.29) is 5.82 Å². The van der Waals surface area contributed by atoms with Crippen molar-refractivity contribution in [2.45, 2.75) is 6.18 Å².